The third-order valence-corrected chi connectivity index (χ3v) is 3.30. The van der Waals surface area contributed by atoms with Crippen molar-refractivity contribution in [1.29, 1.82) is 0 Å². The second-order valence-corrected chi connectivity index (χ2v) is 4.55. The Kier molecular flexibility index (Phi) is 4.81. The maximum atomic E-state index is 12.1. The molecule has 0 saturated carbocycles. The zero-order valence-corrected chi connectivity index (χ0v) is 10.5. The number of allylic oxidation sites excluding steroid dienone is 2. The topological polar surface area (TPSA) is 20.3 Å². The van der Waals surface area contributed by atoms with Gasteiger partial charge in [0.1, 0.15) is 0 Å². The van der Waals surface area contributed by atoms with Gasteiger partial charge in [-0.15, -0.1) is 0 Å². The highest BCUT2D eigenvalue weighted by atomic mass is 35.5. The predicted octanol–water partition coefficient (Wildman–Crippen LogP) is 3.11. The maximum Gasteiger partial charge on any atom is 0.255 e. The zero-order valence-electron chi connectivity index (χ0n) is 9.71. The van der Waals surface area contributed by atoms with Crippen LogP contribution in [0.15, 0.2) is 35.9 Å². The van der Waals surface area contributed by atoms with E-state index in [2.05, 4.69) is 20.1 Å². The molecule has 0 aromatic rings. The van der Waals surface area contributed by atoms with Crippen LogP contribution in [0.1, 0.15) is 19.8 Å². The summed E-state index contributed by atoms with van der Waals surface area (Å²) in [6, 6.07) is 0. The summed E-state index contributed by atoms with van der Waals surface area (Å²) in [4.78, 5) is 13.9. The molecule has 1 saturated heterocycles. The molecule has 0 N–H and O–H groups in total. The van der Waals surface area contributed by atoms with Crippen molar-refractivity contribution in [3.8, 4) is 0 Å². The van der Waals surface area contributed by atoms with E-state index in [9.17, 15) is 4.79 Å². The lowest BCUT2D eigenvalue weighted by Gasteiger charge is -2.30. The molecule has 3 heteroatoms. The first-order valence-corrected chi connectivity index (χ1v) is 5.91. The molecule has 0 atom stereocenters. The summed E-state index contributed by atoms with van der Waals surface area (Å²) in [5.41, 5.74) is 0.450. The normalized spacial score (nSPS) is 19.0. The molecular weight excluding hydrogens is 222 g/mol. The molecule has 1 heterocycles. The molecule has 1 aliphatic rings. The minimum atomic E-state index is -0.0354. The van der Waals surface area contributed by atoms with E-state index in [1.54, 1.807) is 0 Å². The maximum absolute atomic E-state index is 12.1. The van der Waals surface area contributed by atoms with Crippen LogP contribution in [-0.4, -0.2) is 23.9 Å². The van der Waals surface area contributed by atoms with Crippen molar-refractivity contribution >= 4 is 17.5 Å². The number of likely N-dealkylation sites (tertiary alicyclic amines) is 1. The van der Waals surface area contributed by atoms with Crippen LogP contribution in [0.5, 0.6) is 0 Å². The number of rotatable bonds is 3. The average molecular weight is 240 g/mol. The van der Waals surface area contributed by atoms with Gasteiger partial charge < -0.3 is 4.90 Å². The molecule has 1 amide bonds. The van der Waals surface area contributed by atoms with Crippen LogP contribution in [0, 0.1) is 5.92 Å². The number of halogens is 1. The fraction of sp³-hybridized carbons (Fsp3) is 0.462. The molecule has 88 valence electrons. The van der Waals surface area contributed by atoms with E-state index >= 15 is 0 Å². The quantitative estimate of drug-likeness (QED) is 0.548. The average Bonchev–Trinajstić information content (AvgIpc) is 2.30. The molecule has 1 rings (SSSR count). The second-order valence-electron chi connectivity index (χ2n) is 4.14. The van der Waals surface area contributed by atoms with Gasteiger partial charge in [-0.3, -0.25) is 4.79 Å². The molecule has 0 aromatic heterocycles. The molecule has 1 aliphatic heterocycles. The van der Waals surface area contributed by atoms with Crippen molar-refractivity contribution in [2.75, 3.05) is 13.1 Å². The summed E-state index contributed by atoms with van der Waals surface area (Å²) in [5, 5.41) is 0.374. The van der Waals surface area contributed by atoms with Crippen LogP contribution >= 0.6 is 11.6 Å². The summed E-state index contributed by atoms with van der Waals surface area (Å²) in [5.74, 6) is 0.668. The van der Waals surface area contributed by atoms with E-state index in [1.807, 2.05) is 4.90 Å². The number of hydrogen-bond donors (Lipinski definition) is 0. The number of carbonyl (C=O) groups excluding carboxylic acids is 1. The second kappa shape index (κ2) is 5.90. The molecule has 0 bridgehead atoms. The van der Waals surface area contributed by atoms with Crippen molar-refractivity contribution in [3.05, 3.63) is 35.9 Å². The SMILES string of the molecule is C=C/C(Cl)=C(\C=C)C(=O)N1CCC(C)CC1. The van der Waals surface area contributed by atoms with Gasteiger partial charge in [-0.2, -0.15) is 0 Å². The summed E-state index contributed by atoms with van der Waals surface area (Å²) >= 11 is 5.92. The highest BCUT2D eigenvalue weighted by Crippen LogP contribution is 2.20. The largest absolute Gasteiger partial charge is 0.339 e. The Labute approximate surface area is 102 Å². The molecule has 2 nitrogen and oxygen atoms in total. The lowest BCUT2D eigenvalue weighted by molar-refractivity contribution is -0.128. The van der Waals surface area contributed by atoms with Gasteiger partial charge in [0, 0.05) is 13.1 Å². The van der Waals surface area contributed by atoms with E-state index < -0.39 is 0 Å². The van der Waals surface area contributed by atoms with Gasteiger partial charge in [-0.05, 0) is 24.8 Å². The van der Waals surface area contributed by atoms with Crippen LogP contribution in [0.2, 0.25) is 0 Å². The third kappa shape index (κ3) is 2.99. The summed E-state index contributed by atoms with van der Waals surface area (Å²) in [6.45, 7) is 11.0. The van der Waals surface area contributed by atoms with E-state index in [-0.39, 0.29) is 5.91 Å². The van der Waals surface area contributed by atoms with E-state index in [1.165, 1.54) is 12.2 Å². The Morgan fingerprint density at radius 3 is 2.31 bits per heavy atom. The van der Waals surface area contributed by atoms with Crippen molar-refractivity contribution in [3.63, 3.8) is 0 Å². The first-order chi connectivity index (χ1) is 7.60. The number of hydrogen-bond acceptors (Lipinski definition) is 1. The molecule has 0 spiro atoms. The molecule has 0 aromatic carbocycles. The Morgan fingerprint density at radius 1 is 1.31 bits per heavy atom. The fourth-order valence-corrected chi connectivity index (χ4v) is 1.94. The Morgan fingerprint density at radius 2 is 1.88 bits per heavy atom. The minimum Gasteiger partial charge on any atom is -0.339 e. The third-order valence-electron chi connectivity index (χ3n) is 2.94. The number of nitrogens with zero attached hydrogens (tertiary/aromatic N) is 1. The first-order valence-electron chi connectivity index (χ1n) is 5.54. The Hall–Kier alpha value is -1.02. The summed E-state index contributed by atoms with van der Waals surface area (Å²) in [6.07, 6.45) is 5.09. The molecule has 1 fully saturated rings. The fourth-order valence-electron chi connectivity index (χ4n) is 1.78. The van der Waals surface area contributed by atoms with Gasteiger partial charge in [0.05, 0.1) is 10.6 Å². The van der Waals surface area contributed by atoms with E-state index in [0.717, 1.165) is 25.9 Å². The van der Waals surface area contributed by atoms with Gasteiger partial charge in [-0.25, -0.2) is 0 Å². The standard InChI is InChI=1S/C13H18ClNO/c1-4-11(12(14)5-2)13(16)15-8-6-10(3)7-9-15/h4-5,10H,1-2,6-9H2,3H3/b12-11-. The molecule has 0 unspecified atom stereocenters. The van der Waals surface area contributed by atoms with Crippen LogP contribution in [0.4, 0.5) is 0 Å². The Bertz CT molecular complexity index is 325. The van der Waals surface area contributed by atoms with Gasteiger partial charge in [0.25, 0.3) is 5.91 Å². The van der Waals surface area contributed by atoms with Crippen molar-refractivity contribution in [2.24, 2.45) is 5.92 Å². The Balaban J connectivity index is 2.77. The van der Waals surface area contributed by atoms with Gasteiger partial charge in [0.15, 0.2) is 0 Å². The highest BCUT2D eigenvalue weighted by Gasteiger charge is 2.22. The van der Waals surface area contributed by atoms with Gasteiger partial charge in [-0.1, -0.05) is 37.8 Å². The van der Waals surface area contributed by atoms with Crippen LogP contribution in [0.3, 0.4) is 0 Å². The lowest BCUT2D eigenvalue weighted by Crippen LogP contribution is -2.38. The number of piperidine rings is 1. The summed E-state index contributed by atoms with van der Waals surface area (Å²) in [7, 11) is 0. The van der Waals surface area contributed by atoms with Gasteiger partial charge in [0.2, 0.25) is 0 Å². The minimum absolute atomic E-state index is 0.0354. The molecule has 16 heavy (non-hydrogen) atoms. The van der Waals surface area contributed by atoms with E-state index in [4.69, 9.17) is 11.6 Å². The molecule has 0 aliphatic carbocycles. The monoisotopic (exact) mass is 239 g/mol. The van der Waals surface area contributed by atoms with Crippen LogP contribution < -0.4 is 0 Å². The smallest absolute Gasteiger partial charge is 0.255 e. The highest BCUT2D eigenvalue weighted by molar-refractivity contribution is 6.33. The molecular formula is C13H18ClNO. The first kappa shape index (κ1) is 13.0. The van der Waals surface area contributed by atoms with Gasteiger partial charge >= 0.3 is 0 Å². The van der Waals surface area contributed by atoms with Crippen LogP contribution in [0.25, 0.3) is 0 Å². The summed E-state index contributed by atoms with van der Waals surface area (Å²) < 4.78 is 0. The number of amides is 1. The van der Waals surface area contributed by atoms with Crippen LogP contribution in [-0.2, 0) is 4.79 Å². The number of carbonyl (C=O) groups is 1. The van der Waals surface area contributed by atoms with E-state index in [0.29, 0.717) is 16.5 Å². The molecule has 0 radical (unpaired) electrons. The van der Waals surface area contributed by atoms with Crippen molar-refractivity contribution in [2.45, 2.75) is 19.8 Å². The zero-order chi connectivity index (χ0) is 12.1. The lowest BCUT2D eigenvalue weighted by atomic mass is 9.98. The van der Waals surface area contributed by atoms with Crippen molar-refractivity contribution < 1.29 is 4.79 Å². The van der Waals surface area contributed by atoms with Crippen molar-refractivity contribution in [1.82, 2.24) is 4.90 Å². The predicted molar refractivity (Wildman–Crippen MR) is 68.3 cm³/mol.